The van der Waals surface area contributed by atoms with Crippen LogP contribution >= 0.6 is 0 Å². The van der Waals surface area contributed by atoms with Crippen LogP contribution in [0, 0.1) is 11.3 Å². The van der Waals surface area contributed by atoms with Gasteiger partial charge >= 0.3 is 0 Å². The Kier molecular flexibility index (Phi) is 2.95. The summed E-state index contributed by atoms with van der Waals surface area (Å²) in [6.45, 7) is 2.84. The summed E-state index contributed by atoms with van der Waals surface area (Å²) in [7, 11) is 0. The zero-order chi connectivity index (χ0) is 11.7. The minimum atomic E-state index is -0.0584. The molecule has 0 bridgehead atoms. The van der Waals surface area contributed by atoms with E-state index in [1.54, 1.807) is 6.08 Å². The third-order valence-corrected chi connectivity index (χ3v) is 4.62. The van der Waals surface area contributed by atoms with Gasteiger partial charge < -0.3 is 10.6 Å². The van der Waals surface area contributed by atoms with Crippen molar-refractivity contribution in [1.82, 2.24) is 10.6 Å². The molecule has 0 atom stereocenters. The van der Waals surface area contributed by atoms with Gasteiger partial charge in [-0.05, 0) is 55.6 Å². The highest BCUT2D eigenvalue weighted by molar-refractivity contribution is 5.20. The zero-order valence-corrected chi connectivity index (χ0v) is 10.3. The molecule has 0 aromatic heterocycles. The number of halogens is 1. The molecule has 2 nitrogen and oxygen atoms in total. The van der Waals surface area contributed by atoms with Crippen molar-refractivity contribution in [3.05, 3.63) is 23.7 Å². The molecule has 1 saturated carbocycles. The number of hydrogen-bond donors (Lipinski definition) is 2. The fourth-order valence-electron chi connectivity index (χ4n) is 3.28. The van der Waals surface area contributed by atoms with Crippen LogP contribution in [0.1, 0.15) is 32.1 Å². The van der Waals surface area contributed by atoms with E-state index >= 15 is 0 Å². The normalized spacial score (nSPS) is 28.1. The van der Waals surface area contributed by atoms with Crippen molar-refractivity contribution in [3.63, 3.8) is 0 Å². The van der Waals surface area contributed by atoms with Gasteiger partial charge in [0.25, 0.3) is 0 Å². The van der Waals surface area contributed by atoms with Crippen LogP contribution < -0.4 is 10.6 Å². The fraction of sp³-hybridized carbons (Fsp3) is 0.714. The van der Waals surface area contributed by atoms with Gasteiger partial charge in [0, 0.05) is 18.8 Å². The Morgan fingerprint density at radius 2 is 2.00 bits per heavy atom. The summed E-state index contributed by atoms with van der Waals surface area (Å²) in [6, 6.07) is 0. The van der Waals surface area contributed by atoms with E-state index in [1.807, 2.05) is 6.08 Å². The molecule has 1 saturated heterocycles. The Balaban J connectivity index is 1.50. The monoisotopic (exact) mass is 236 g/mol. The standard InChI is InChI=1S/C14H21FN2/c15-12-1-2-13(17-8-12)7-11-3-5-14(6-4-11)9-16-10-14/h1-2,11,16-17H,3-10H2. The zero-order valence-electron chi connectivity index (χ0n) is 10.3. The second-order valence-electron chi connectivity index (χ2n) is 5.91. The SMILES string of the molecule is FC1=CC=C(CC2CCC3(CC2)CNC3)NC1. The maximum absolute atomic E-state index is 12.8. The molecular weight excluding hydrogens is 215 g/mol. The molecule has 17 heavy (non-hydrogen) atoms. The van der Waals surface area contributed by atoms with Crippen LogP contribution in [0.3, 0.4) is 0 Å². The van der Waals surface area contributed by atoms with Gasteiger partial charge in [-0.15, -0.1) is 0 Å². The first kappa shape index (κ1) is 11.3. The van der Waals surface area contributed by atoms with Crippen LogP contribution in [0.4, 0.5) is 4.39 Å². The first-order valence-electron chi connectivity index (χ1n) is 6.76. The van der Waals surface area contributed by atoms with Gasteiger partial charge in [-0.3, -0.25) is 0 Å². The van der Waals surface area contributed by atoms with Crippen LogP contribution in [0.2, 0.25) is 0 Å². The van der Waals surface area contributed by atoms with Crippen molar-refractivity contribution >= 4 is 0 Å². The summed E-state index contributed by atoms with van der Waals surface area (Å²) >= 11 is 0. The van der Waals surface area contributed by atoms with Crippen molar-refractivity contribution in [2.75, 3.05) is 19.6 Å². The second kappa shape index (κ2) is 4.45. The van der Waals surface area contributed by atoms with Crippen molar-refractivity contribution < 1.29 is 4.39 Å². The molecule has 1 spiro atoms. The summed E-state index contributed by atoms with van der Waals surface area (Å²) < 4.78 is 12.8. The van der Waals surface area contributed by atoms with E-state index in [0.717, 1.165) is 12.3 Å². The minimum Gasteiger partial charge on any atom is -0.382 e. The summed E-state index contributed by atoms with van der Waals surface area (Å²) in [6.07, 6.45) is 10.1. The molecule has 2 heterocycles. The molecule has 0 aromatic carbocycles. The average Bonchev–Trinajstić information content (AvgIpc) is 2.31. The number of nitrogens with one attached hydrogen (secondary N) is 2. The highest BCUT2D eigenvalue weighted by Gasteiger charge is 2.39. The van der Waals surface area contributed by atoms with Gasteiger partial charge in [0.1, 0.15) is 5.83 Å². The van der Waals surface area contributed by atoms with Gasteiger partial charge in [-0.25, -0.2) is 4.39 Å². The van der Waals surface area contributed by atoms with Crippen LogP contribution in [0.15, 0.2) is 23.7 Å². The Morgan fingerprint density at radius 1 is 1.24 bits per heavy atom. The van der Waals surface area contributed by atoms with Gasteiger partial charge in [0.15, 0.2) is 0 Å². The van der Waals surface area contributed by atoms with Crippen LogP contribution in [-0.2, 0) is 0 Å². The molecule has 2 aliphatic heterocycles. The highest BCUT2D eigenvalue weighted by atomic mass is 19.1. The molecule has 0 unspecified atom stereocenters. The van der Waals surface area contributed by atoms with Crippen molar-refractivity contribution in [1.29, 1.82) is 0 Å². The lowest BCUT2D eigenvalue weighted by atomic mass is 9.66. The number of rotatable bonds is 2. The minimum absolute atomic E-state index is 0.0584. The predicted molar refractivity (Wildman–Crippen MR) is 67.2 cm³/mol. The summed E-state index contributed by atoms with van der Waals surface area (Å²) in [4.78, 5) is 0. The predicted octanol–water partition coefficient (Wildman–Crippen LogP) is 2.50. The third kappa shape index (κ3) is 2.39. The van der Waals surface area contributed by atoms with E-state index in [-0.39, 0.29) is 5.83 Å². The highest BCUT2D eigenvalue weighted by Crippen LogP contribution is 2.43. The Labute approximate surface area is 102 Å². The lowest BCUT2D eigenvalue weighted by Gasteiger charge is -2.47. The van der Waals surface area contributed by atoms with E-state index in [4.69, 9.17) is 0 Å². The van der Waals surface area contributed by atoms with Crippen molar-refractivity contribution in [3.8, 4) is 0 Å². The van der Waals surface area contributed by atoms with Crippen LogP contribution in [-0.4, -0.2) is 19.6 Å². The number of dihydropyridines is 1. The molecule has 0 radical (unpaired) electrons. The molecular formula is C14H21FN2. The van der Waals surface area contributed by atoms with Gasteiger partial charge in [0.2, 0.25) is 0 Å². The molecule has 3 heteroatoms. The van der Waals surface area contributed by atoms with Crippen LogP contribution in [0.5, 0.6) is 0 Å². The van der Waals surface area contributed by atoms with Crippen molar-refractivity contribution in [2.45, 2.75) is 32.1 Å². The molecule has 0 aromatic rings. The third-order valence-electron chi connectivity index (χ3n) is 4.62. The van der Waals surface area contributed by atoms with Crippen LogP contribution in [0.25, 0.3) is 0 Å². The molecule has 2 N–H and O–H groups in total. The first-order valence-corrected chi connectivity index (χ1v) is 6.76. The Bertz CT molecular complexity index is 345. The maximum Gasteiger partial charge on any atom is 0.119 e. The Hall–Kier alpha value is -0.830. The van der Waals surface area contributed by atoms with E-state index in [0.29, 0.717) is 12.0 Å². The van der Waals surface area contributed by atoms with E-state index < -0.39 is 0 Å². The first-order chi connectivity index (χ1) is 8.26. The molecule has 3 aliphatic rings. The number of allylic oxidation sites excluding steroid dienone is 3. The van der Waals surface area contributed by atoms with Gasteiger partial charge in [-0.2, -0.15) is 0 Å². The molecule has 0 amide bonds. The van der Waals surface area contributed by atoms with E-state index in [2.05, 4.69) is 10.6 Å². The Morgan fingerprint density at radius 3 is 2.53 bits per heavy atom. The van der Waals surface area contributed by atoms with E-state index in [9.17, 15) is 4.39 Å². The van der Waals surface area contributed by atoms with Crippen molar-refractivity contribution in [2.24, 2.45) is 11.3 Å². The lowest BCUT2D eigenvalue weighted by molar-refractivity contribution is 0.0813. The maximum atomic E-state index is 12.8. The smallest absolute Gasteiger partial charge is 0.119 e. The molecule has 94 valence electrons. The average molecular weight is 236 g/mol. The molecule has 1 aliphatic carbocycles. The largest absolute Gasteiger partial charge is 0.382 e. The fourth-order valence-corrected chi connectivity index (χ4v) is 3.28. The molecule has 3 rings (SSSR count). The second-order valence-corrected chi connectivity index (χ2v) is 5.91. The summed E-state index contributed by atoms with van der Waals surface area (Å²) in [5.41, 5.74) is 1.87. The molecule has 2 fully saturated rings. The lowest BCUT2D eigenvalue weighted by Crippen LogP contribution is -2.54. The topological polar surface area (TPSA) is 24.1 Å². The quantitative estimate of drug-likeness (QED) is 0.769. The van der Waals surface area contributed by atoms with Gasteiger partial charge in [-0.1, -0.05) is 0 Å². The summed E-state index contributed by atoms with van der Waals surface area (Å²) in [5, 5.41) is 6.57. The van der Waals surface area contributed by atoms with Gasteiger partial charge in [0.05, 0.1) is 6.54 Å². The number of hydrogen-bond acceptors (Lipinski definition) is 2. The summed E-state index contributed by atoms with van der Waals surface area (Å²) in [5.74, 6) is 0.742. The van der Waals surface area contributed by atoms with E-state index in [1.165, 1.54) is 44.5 Å².